The van der Waals surface area contributed by atoms with Crippen molar-refractivity contribution in [2.75, 3.05) is 22.9 Å². The van der Waals surface area contributed by atoms with Crippen molar-refractivity contribution in [3.63, 3.8) is 0 Å². The summed E-state index contributed by atoms with van der Waals surface area (Å²) >= 11 is 2.48. The average Bonchev–Trinajstić information content (AvgIpc) is 3.58. The monoisotopic (exact) mass is 583 g/mol. The number of fused-ring (bicyclic) bond motifs is 1. The third-order valence-electron chi connectivity index (χ3n) is 7.14. The van der Waals surface area contributed by atoms with Gasteiger partial charge in [-0.25, -0.2) is 4.98 Å². The summed E-state index contributed by atoms with van der Waals surface area (Å²) in [6, 6.07) is 26.6. The Balaban J connectivity index is 1.38. The van der Waals surface area contributed by atoms with Crippen LogP contribution in [0.1, 0.15) is 22.9 Å². The molecule has 0 N–H and O–H groups in total. The summed E-state index contributed by atoms with van der Waals surface area (Å²) < 4.78 is 1.24. The summed E-state index contributed by atoms with van der Waals surface area (Å²) in [4.78, 5) is 32.3. The van der Waals surface area contributed by atoms with Crippen LogP contribution in [0, 0.1) is 34.1 Å². The molecule has 0 atom stereocenters. The minimum atomic E-state index is -0.446. The number of nitro benzene ring substituents is 2. The van der Waals surface area contributed by atoms with Gasteiger partial charge in [0.15, 0.2) is 4.34 Å². The molecule has 206 valence electrons. The van der Waals surface area contributed by atoms with Gasteiger partial charge in [-0.1, -0.05) is 53.2 Å². The highest BCUT2D eigenvalue weighted by Crippen LogP contribution is 2.43. The van der Waals surface area contributed by atoms with Crippen molar-refractivity contribution in [2.24, 2.45) is 0 Å². The maximum Gasteiger partial charge on any atom is 0.283 e. The van der Waals surface area contributed by atoms with Gasteiger partial charge in [0.25, 0.3) is 11.4 Å². The standard InChI is InChI=1S/C30H25N5O4S2/c1-19-3-8-22(9-4-19)32-15-16-33(23-10-5-20(2)6-11-23)29(32)21-7-14-27(26(17-21)35(38)39)40-30-31-25-13-12-24(34(36)37)18-28(25)41-30/h3-14,17-18,29H,15-16H2,1-2H3. The Morgan fingerprint density at radius 1 is 0.805 bits per heavy atom. The summed E-state index contributed by atoms with van der Waals surface area (Å²) in [6.45, 7) is 5.64. The molecule has 9 nitrogen and oxygen atoms in total. The Hall–Kier alpha value is -4.48. The fourth-order valence-electron chi connectivity index (χ4n) is 5.07. The van der Waals surface area contributed by atoms with Gasteiger partial charge >= 0.3 is 0 Å². The van der Waals surface area contributed by atoms with Crippen LogP contribution in [0.4, 0.5) is 22.7 Å². The molecule has 0 bridgehead atoms. The highest BCUT2D eigenvalue weighted by Gasteiger charge is 2.35. The van der Waals surface area contributed by atoms with E-state index in [0.29, 0.717) is 19.5 Å². The zero-order valence-corrected chi connectivity index (χ0v) is 23.9. The number of nitrogens with zero attached hydrogens (tertiary/aromatic N) is 5. The van der Waals surface area contributed by atoms with Crippen LogP contribution in [0.3, 0.4) is 0 Å². The van der Waals surface area contributed by atoms with E-state index in [4.69, 9.17) is 0 Å². The second-order valence-corrected chi connectivity index (χ2v) is 12.2. The molecule has 0 spiro atoms. The van der Waals surface area contributed by atoms with E-state index in [9.17, 15) is 20.2 Å². The van der Waals surface area contributed by atoms with E-state index in [-0.39, 0.29) is 22.5 Å². The van der Waals surface area contributed by atoms with Crippen LogP contribution in [-0.4, -0.2) is 27.9 Å². The quantitative estimate of drug-likeness (QED) is 0.141. The minimum absolute atomic E-state index is 0.00245. The molecule has 5 aromatic rings. The molecule has 1 aliphatic heterocycles. The molecule has 0 amide bonds. The van der Waals surface area contributed by atoms with Gasteiger partial charge in [-0.3, -0.25) is 20.2 Å². The van der Waals surface area contributed by atoms with Crippen LogP contribution >= 0.6 is 23.1 Å². The largest absolute Gasteiger partial charge is 0.346 e. The molecule has 1 fully saturated rings. The molecular weight excluding hydrogens is 558 g/mol. The number of thiazole rings is 1. The van der Waals surface area contributed by atoms with E-state index in [1.807, 2.05) is 6.07 Å². The van der Waals surface area contributed by atoms with Gasteiger partial charge in [0.1, 0.15) is 6.17 Å². The molecule has 0 aliphatic carbocycles. The Kier molecular flexibility index (Phi) is 7.06. The fraction of sp³-hybridized carbons (Fsp3) is 0.167. The number of aromatic nitrogens is 1. The van der Waals surface area contributed by atoms with E-state index in [2.05, 4.69) is 77.2 Å². The number of rotatable bonds is 7. The van der Waals surface area contributed by atoms with Gasteiger partial charge < -0.3 is 9.80 Å². The van der Waals surface area contributed by atoms with E-state index in [0.717, 1.165) is 30.0 Å². The normalized spacial score (nSPS) is 13.7. The van der Waals surface area contributed by atoms with Gasteiger partial charge in [-0.15, -0.1) is 11.3 Å². The summed E-state index contributed by atoms with van der Waals surface area (Å²) in [7, 11) is 0. The van der Waals surface area contributed by atoms with Crippen molar-refractivity contribution in [3.8, 4) is 0 Å². The first-order chi connectivity index (χ1) is 19.8. The number of hydrogen-bond acceptors (Lipinski definition) is 9. The van der Waals surface area contributed by atoms with Crippen molar-refractivity contribution in [2.45, 2.75) is 29.2 Å². The third kappa shape index (κ3) is 5.33. The Morgan fingerprint density at radius 2 is 1.41 bits per heavy atom. The lowest BCUT2D eigenvalue weighted by molar-refractivity contribution is -0.387. The van der Waals surface area contributed by atoms with Crippen LogP contribution in [-0.2, 0) is 0 Å². The third-order valence-corrected chi connectivity index (χ3v) is 9.29. The number of non-ortho nitro benzene ring substituents is 1. The van der Waals surface area contributed by atoms with E-state index >= 15 is 0 Å². The van der Waals surface area contributed by atoms with E-state index in [1.165, 1.54) is 46.4 Å². The van der Waals surface area contributed by atoms with Gasteiger partial charge in [0.05, 0.1) is 25.0 Å². The fourth-order valence-corrected chi connectivity index (χ4v) is 7.21. The molecule has 2 heterocycles. The van der Waals surface area contributed by atoms with Gasteiger partial charge in [0, 0.05) is 48.2 Å². The van der Waals surface area contributed by atoms with Crippen LogP contribution in [0.25, 0.3) is 10.2 Å². The second kappa shape index (κ2) is 10.8. The first kappa shape index (κ1) is 26.7. The summed E-state index contributed by atoms with van der Waals surface area (Å²) in [5, 5.41) is 23.5. The molecule has 11 heteroatoms. The zero-order valence-electron chi connectivity index (χ0n) is 22.3. The van der Waals surface area contributed by atoms with Crippen molar-refractivity contribution in [1.82, 2.24) is 4.98 Å². The predicted molar refractivity (Wildman–Crippen MR) is 163 cm³/mol. The first-order valence-electron chi connectivity index (χ1n) is 12.9. The molecular formula is C30H25N5O4S2. The number of hydrogen-bond donors (Lipinski definition) is 0. The molecule has 1 aromatic heterocycles. The summed E-state index contributed by atoms with van der Waals surface area (Å²) in [6.07, 6.45) is -0.235. The van der Waals surface area contributed by atoms with Crippen LogP contribution < -0.4 is 9.80 Å². The molecule has 0 radical (unpaired) electrons. The van der Waals surface area contributed by atoms with Crippen molar-refractivity contribution in [3.05, 3.63) is 122 Å². The topological polar surface area (TPSA) is 106 Å². The zero-order chi connectivity index (χ0) is 28.7. The molecule has 1 aliphatic rings. The maximum absolute atomic E-state index is 12.3. The number of nitro groups is 2. The van der Waals surface area contributed by atoms with E-state index < -0.39 is 4.92 Å². The van der Waals surface area contributed by atoms with Crippen molar-refractivity contribution < 1.29 is 9.85 Å². The second-order valence-electron chi connectivity index (χ2n) is 9.91. The SMILES string of the molecule is Cc1ccc(N2CCN(c3ccc(C)cc3)C2c2ccc(Sc3nc4ccc([N+](=O)[O-])cc4s3)c([N+](=O)[O-])c2)cc1. The van der Waals surface area contributed by atoms with Gasteiger partial charge in [0.2, 0.25) is 0 Å². The van der Waals surface area contributed by atoms with Gasteiger partial charge in [-0.2, -0.15) is 0 Å². The Bertz CT molecular complexity index is 1720. The molecule has 6 rings (SSSR count). The lowest BCUT2D eigenvalue weighted by atomic mass is 10.1. The average molecular weight is 584 g/mol. The van der Waals surface area contributed by atoms with Crippen LogP contribution in [0.5, 0.6) is 0 Å². The smallest absolute Gasteiger partial charge is 0.283 e. The maximum atomic E-state index is 12.3. The number of benzene rings is 4. The number of aryl methyl sites for hydroxylation is 2. The molecule has 0 unspecified atom stereocenters. The minimum Gasteiger partial charge on any atom is -0.346 e. The summed E-state index contributed by atoms with van der Waals surface area (Å²) in [5.74, 6) is 0. The lowest BCUT2D eigenvalue weighted by Crippen LogP contribution is -2.31. The number of anilines is 2. The van der Waals surface area contributed by atoms with Crippen molar-refractivity contribution in [1.29, 1.82) is 0 Å². The van der Waals surface area contributed by atoms with Crippen LogP contribution in [0.2, 0.25) is 0 Å². The highest BCUT2D eigenvalue weighted by atomic mass is 32.2. The van der Waals surface area contributed by atoms with Crippen molar-refractivity contribution >= 4 is 56.1 Å². The Morgan fingerprint density at radius 3 is 1.98 bits per heavy atom. The lowest BCUT2D eigenvalue weighted by Gasteiger charge is -2.33. The predicted octanol–water partition coefficient (Wildman–Crippen LogP) is 7.91. The first-order valence-corrected chi connectivity index (χ1v) is 14.6. The van der Waals surface area contributed by atoms with E-state index in [1.54, 1.807) is 18.2 Å². The molecule has 4 aromatic carbocycles. The highest BCUT2D eigenvalue weighted by molar-refractivity contribution is 8.01. The Labute approximate surface area is 244 Å². The molecule has 1 saturated heterocycles. The van der Waals surface area contributed by atoms with Gasteiger partial charge in [-0.05, 0) is 50.2 Å². The molecule has 41 heavy (non-hydrogen) atoms. The van der Waals surface area contributed by atoms with Crippen LogP contribution in [0.15, 0.2) is 94.2 Å². The molecule has 0 saturated carbocycles. The summed E-state index contributed by atoms with van der Waals surface area (Å²) in [5.41, 5.74) is 5.87.